The Balaban J connectivity index is 4.18. The predicted octanol–water partition coefficient (Wildman–Crippen LogP) is 16.4. The average molecular weight is 919 g/mol. The topological polar surface area (TPSA) is 99.1 Å². The van der Waals surface area contributed by atoms with E-state index in [9.17, 15) is 19.5 Å². The Morgan fingerprint density at radius 2 is 0.815 bits per heavy atom. The Morgan fingerprint density at radius 1 is 0.462 bits per heavy atom. The van der Waals surface area contributed by atoms with Crippen molar-refractivity contribution >= 4 is 17.9 Å². The largest absolute Gasteiger partial charge is 0.477 e. The molecule has 2 unspecified atom stereocenters. The number of rotatable bonds is 51. The van der Waals surface area contributed by atoms with Gasteiger partial charge >= 0.3 is 17.9 Å². The number of allylic oxidation sites excluding steroid dienone is 4. The van der Waals surface area contributed by atoms with Crippen molar-refractivity contribution in [3.05, 3.63) is 24.3 Å². The number of quaternary nitrogens is 1. The Bertz CT molecular complexity index is 1120. The first kappa shape index (κ1) is 62.8. The molecule has 65 heavy (non-hydrogen) atoms. The zero-order valence-electron chi connectivity index (χ0n) is 43.7. The van der Waals surface area contributed by atoms with Gasteiger partial charge in [0.25, 0.3) is 0 Å². The maximum Gasteiger partial charge on any atom is 0.362 e. The maximum atomic E-state index is 12.8. The Labute approximate surface area is 402 Å². The first-order valence-corrected chi connectivity index (χ1v) is 27.9. The number of ether oxygens (including phenoxy) is 3. The van der Waals surface area contributed by atoms with Gasteiger partial charge in [-0.05, 0) is 44.9 Å². The van der Waals surface area contributed by atoms with E-state index >= 15 is 0 Å². The van der Waals surface area contributed by atoms with Gasteiger partial charge in [-0.3, -0.25) is 9.59 Å². The predicted molar refractivity (Wildman–Crippen MR) is 275 cm³/mol. The number of unbranched alkanes of at least 4 members (excludes halogenated alkanes) is 33. The lowest BCUT2D eigenvalue weighted by Gasteiger charge is -2.31. The van der Waals surface area contributed by atoms with Gasteiger partial charge in [-0.2, -0.15) is 0 Å². The molecule has 0 radical (unpaired) electrons. The van der Waals surface area contributed by atoms with E-state index in [-0.39, 0.29) is 36.2 Å². The molecule has 0 fully saturated rings. The summed E-state index contributed by atoms with van der Waals surface area (Å²) in [6.07, 6.45) is 56.6. The minimum atomic E-state index is -0.872. The molecule has 0 aliphatic heterocycles. The highest BCUT2D eigenvalue weighted by Crippen LogP contribution is 2.17. The lowest BCUT2D eigenvalue weighted by atomic mass is 10.0. The molecule has 0 spiro atoms. The molecule has 0 amide bonds. The number of carbonyl (C=O) groups is 3. The van der Waals surface area contributed by atoms with Gasteiger partial charge in [-0.1, -0.05) is 231 Å². The fraction of sp³-hybridized carbons (Fsp3) is 0.877. The van der Waals surface area contributed by atoms with E-state index in [0.29, 0.717) is 19.3 Å². The summed E-state index contributed by atoms with van der Waals surface area (Å²) in [6, 6.07) is -0.614. The molecule has 0 saturated carbocycles. The smallest absolute Gasteiger partial charge is 0.362 e. The minimum absolute atomic E-state index is 0.0501. The Morgan fingerprint density at radius 3 is 1.18 bits per heavy atom. The van der Waals surface area contributed by atoms with Crippen molar-refractivity contribution in [1.82, 2.24) is 0 Å². The zero-order valence-corrected chi connectivity index (χ0v) is 43.7. The molecule has 2 atom stereocenters. The van der Waals surface area contributed by atoms with Crippen molar-refractivity contribution in [2.24, 2.45) is 0 Å². The lowest BCUT2D eigenvalue weighted by Crippen LogP contribution is -2.50. The number of hydrogen-bond acceptors (Lipinski definition) is 6. The summed E-state index contributed by atoms with van der Waals surface area (Å²) in [4.78, 5) is 37.2. The van der Waals surface area contributed by atoms with Gasteiger partial charge in [0.1, 0.15) is 6.61 Å². The van der Waals surface area contributed by atoms with E-state index in [1.165, 1.54) is 186 Å². The van der Waals surface area contributed by atoms with Gasteiger partial charge in [0.05, 0.1) is 34.4 Å². The second-order valence-electron chi connectivity index (χ2n) is 20.2. The zero-order chi connectivity index (χ0) is 47.7. The van der Waals surface area contributed by atoms with Crippen molar-refractivity contribution in [3.8, 4) is 0 Å². The molecular weight excluding hydrogens is 811 g/mol. The highest BCUT2D eigenvalue weighted by atomic mass is 16.6. The van der Waals surface area contributed by atoms with Crippen LogP contribution in [0.2, 0.25) is 0 Å². The van der Waals surface area contributed by atoms with Crippen LogP contribution in [0, 0.1) is 0 Å². The first-order valence-electron chi connectivity index (χ1n) is 27.9. The number of carboxylic acid groups (broad SMARTS) is 1. The SMILES string of the molecule is CCCCCCCCCCC/C=C/C/C=C/CCCCCCCCCC(=O)OCC(COCCC(C(=O)O)[N+](C)(C)C)OC(=O)CCCCCCCCCCCCCCCCCCCC. The van der Waals surface area contributed by atoms with Crippen LogP contribution in [0.3, 0.4) is 0 Å². The molecule has 0 bridgehead atoms. The molecule has 0 aliphatic carbocycles. The van der Waals surface area contributed by atoms with Crippen molar-refractivity contribution in [1.29, 1.82) is 0 Å². The first-order chi connectivity index (χ1) is 31.6. The van der Waals surface area contributed by atoms with Crippen LogP contribution in [0.15, 0.2) is 24.3 Å². The number of hydrogen-bond donors (Lipinski definition) is 1. The number of nitrogens with zero attached hydrogens (tertiary/aromatic N) is 1. The molecule has 0 aliphatic rings. The van der Waals surface area contributed by atoms with Gasteiger partial charge in [0.2, 0.25) is 0 Å². The number of carboxylic acids is 1. The van der Waals surface area contributed by atoms with Crippen molar-refractivity contribution < 1.29 is 38.2 Å². The quantitative estimate of drug-likeness (QED) is 0.0281. The van der Waals surface area contributed by atoms with E-state index in [2.05, 4.69) is 38.2 Å². The molecular formula is C57H108NO7+. The molecule has 0 rings (SSSR count). The van der Waals surface area contributed by atoms with Crippen molar-refractivity contribution in [3.63, 3.8) is 0 Å². The summed E-state index contributed by atoms with van der Waals surface area (Å²) >= 11 is 0. The molecule has 382 valence electrons. The summed E-state index contributed by atoms with van der Waals surface area (Å²) in [6.45, 7) is 4.78. The van der Waals surface area contributed by atoms with E-state index in [4.69, 9.17) is 14.2 Å². The second kappa shape index (κ2) is 48.3. The molecule has 0 saturated heterocycles. The van der Waals surface area contributed by atoms with E-state index in [1.54, 1.807) is 0 Å². The van der Waals surface area contributed by atoms with Gasteiger partial charge in [-0.15, -0.1) is 0 Å². The molecule has 1 N–H and O–H groups in total. The van der Waals surface area contributed by atoms with Crippen molar-refractivity contribution in [2.45, 2.75) is 283 Å². The fourth-order valence-electron chi connectivity index (χ4n) is 8.54. The average Bonchev–Trinajstić information content (AvgIpc) is 3.27. The van der Waals surface area contributed by atoms with Crippen LogP contribution >= 0.6 is 0 Å². The van der Waals surface area contributed by atoms with Gasteiger partial charge < -0.3 is 23.8 Å². The molecule has 0 aromatic rings. The maximum absolute atomic E-state index is 12.8. The summed E-state index contributed by atoms with van der Waals surface area (Å²) in [5.41, 5.74) is 0. The molecule has 0 aromatic heterocycles. The molecule has 8 heteroatoms. The number of esters is 2. The third-order valence-corrected chi connectivity index (χ3v) is 12.9. The molecule has 0 heterocycles. The number of aliphatic carboxylic acids is 1. The summed E-state index contributed by atoms with van der Waals surface area (Å²) < 4.78 is 17.4. The minimum Gasteiger partial charge on any atom is -0.477 e. The van der Waals surface area contributed by atoms with Crippen LogP contribution in [0.1, 0.15) is 271 Å². The second-order valence-corrected chi connectivity index (χ2v) is 20.2. The molecule has 0 aromatic carbocycles. The standard InChI is InChI=1S/C57H107NO7/c1-6-8-10-12-14-16-18-20-22-24-26-27-28-29-30-32-33-35-37-39-41-43-45-47-55(59)64-52-53(51-63-50-49-54(57(61)62)58(3,4)5)65-56(60)48-46-44-42-40-38-36-34-31-25-23-21-19-17-15-13-11-9-7-2/h26-27,29-30,53-54H,6-25,28,31-52H2,1-5H3/p+1/b27-26+,30-29+. The van der Waals surface area contributed by atoms with E-state index < -0.39 is 18.1 Å². The van der Waals surface area contributed by atoms with Crippen LogP contribution in [-0.4, -0.2) is 80.6 Å². The monoisotopic (exact) mass is 919 g/mol. The highest BCUT2D eigenvalue weighted by molar-refractivity contribution is 5.72. The number of likely N-dealkylation sites (N-methyl/N-ethyl adjacent to an activating group) is 1. The van der Waals surface area contributed by atoms with Crippen molar-refractivity contribution in [2.75, 3.05) is 41.0 Å². The summed E-state index contributed by atoms with van der Waals surface area (Å²) in [5.74, 6) is -1.46. The van der Waals surface area contributed by atoms with Crippen LogP contribution in [0.5, 0.6) is 0 Å². The molecule has 8 nitrogen and oxygen atoms in total. The highest BCUT2D eigenvalue weighted by Gasteiger charge is 2.31. The Kier molecular flexibility index (Phi) is 46.6. The summed E-state index contributed by atoms with van der Waals surface area (Å²) in [5, 5.41) is 9.67. The van der Waals surface area contributed by atoms with Crippen LogP contribution < -0.4 is 0 Å². The third kappa shape index (κ3) is 46.7. The third-order valence-electron chi connectivity index (χ3n) is 12.9. The lowest BCUT2D eigenvalue weighted by molar-refractivity contribution is -0.887. The van der Waals surface area contributed by atoms with Crippen LogP contribution in [0.4, 0.5) is 0 Å². The van der Waals surface area contributed by atoms with Gasteiger partial charge in [0, 0.05) is 19.3 Å². The van der Waals surface area contributed by atoms with Crippen LogP contribution in [0.25, 0.3) is 0 Å². The number of carbonyl (C=O) groups excluding carboxylic acids is 2. The van der Waals surface area contributed by atoms with Crippen LogP contribution in [-0.2, 0) is 28.6 Å². The van der Waals surface area contributed by atoms with E-state index in [0.717, 1.165) is 51.4 Å². The Hall–Kier alpha value is -2.19. The van der Waals surface area contributed by atoms with Gasteiger partial charge in [-0.25, -0.2) is 4.79 Å². The fourth-order valence-corrected chi connectivity index (χ4v) is 8.54. The van der Waals surface area contributed by atoms with E-state index in [1.807, 2.05) is 21.1 Å². The normalized spacial score (nSPS) is 12.9. The summed E-state index contributed by atoms with van der Waals surface area (Å²) in [7, 11) is 5.55. The van der Waals surface area contributed by atoms with Gasteiger partial charge in [0.15, 0.2) is 12.1 Å².